The summed E-state index contributed by atoms with van der Waals surface area (Å²) >= 11 is 0. The molecule has 0 bridgehead atoms. The lowest BCUT2D eigenvalue weighted by atomic mass is 9.47. The van der Waals surface area contributed by atoms with Crippen LogP contribution in [0.5, 0.6) is 0 Å². The van der Waals surface area contributed by atoms with Crippen LogP contribution in [0.15, 0.2) is 11.6 Å². The van der Waals surface area contributed by atoms with Gasteiger partial charge < -0.3 is 5.32 Å². The molecule has 0 aromatic heterocycles. The van der Waals surface area contributed by atoms with Gasteiger partial charge in [-0.2, -0.15) is 0 Å². The Balaban J connectivity index is 1.50. The van der Waals surface area contributed by atoms with Gasteiger partial charge in [0.2, 0.25) is 5.91 Å². The number of rotatable bonds is 1. The van der Waals surface area contributed by atoms with Crippen molar-refractivity contribution in [3.8, 4) is 0 Å². The maximum absolute atomic E-state index is 13.1. The number of carbonyl (C=O) groups excluding carboxylic acids is 3. The van der Waals surface area contributed by atoms with Gasteiger partial charge in [0.25, 0.3) is 0 Å². The predicted octanol–water partition coefficient (Wildman–Crippen LogP) is 4.76. The first-order chi connectivity index (χ1) is 13.9. The highest BCUT2D eigenvalue weighted by Crippen LogP contribution is 2.66. The van der Waals surface area contributed by atoms with Crippen molar-refractivity contribution in [1.29, 1.82) is 0 Å². The van der Waals surface area contributed by atoms with Crippen molar-refractivity contribution in [2.45, 2.75) is 91.5 Å². The Bertz CT molecular complexity index is 795. The summed E-state index contributed by atoms with van der Waals surface area (Å²) in [4.78, 5) is 37.3. The van der Waals surface area contributed by atoms with Crippen LogP contribution < -0.4 is 10.6 Å². The van der Waals surface area contributed by atoms with E-state index in [2.05, 4.69) is 24.5 Å². The molecule has 30 heavy (non-hydrogen) atoms. The maximum Gasteiger partial charge on any atom is 0.321 e. The number of amides is 3. The minimum atomic E-state index is -0.389. The van der Waals surface area contributed by atoms with Gasteiger partial charge in [0.05, 0.1) is 0 Å². The SMILES string of the molecule is CC(C)(C)NC(=O)NC(=O)[C@H]1CC[C@H]2[C@@H]3CCC4=CC(=O)CC[C@]4(C)[C@H]3CC[C@]12C. The molecule has 0 heterocycles. The Labute approximate surface area is 180 Å². The molecule has 5 heteroatoms. The molecule has 3 saturated carbocycles. The zero-order chi connectivity index (χ0) is 21.9. The standard InChI is InChI=1S/C25H38N2O3/c1-23(2,3)27-22(30)26-21(29)20-9-8-18-17-7-6-15-14-16(28)10-12-24(15,4)19(17)11-13-25(18,20)5/h14,17-20H,6-13H2,1-5H3,(H2,26,27,29,30)/t17-,18-,19-,20+,24-,25-/m0/s1. The summed E-state index contributed by atoms with van der Waals surface area (Å²) in [5.74, 6) is 1.88. The van der Waals surface area contributed by atoms with E-state index in [1.54, 1.807) is 0 Å². The van der Waals surface area contributed by atoms with Crippen LogP contribution in [0, 0.1) is 34.5 Å². The molecule has 0 aliphatic heterocycles. The van der Waals surface area contributed by atoms with E-state index in [9.17, 15) is 14.4 Å². The molecule has 3 fully saturated rings. The summed E-state index contributed by atoms with van der Waals surface area (Å²) < 4.78 is 0. The smallest absolute Gasteiger partial charge is 0.321 e. The van der Waals surface area contributed by atoms with Crippen molar-refractivity contribution in [1.82, 2.24) is 10.6 Å². The second kappa shape index (κ2) is 7.20. The summed E-state index contributed by atoms with van der Waals surface area (Å²) in [5.41, 5.74) is 1.14. The van der Waals surface area contributed by atoms with Gasteiger partial charge in [-0.15, -0.1) is 0 Å². The molecule has 4 aliphatic carbocycles. The molecule has 3 amide bonds. The first-order valence-electron chi connectivity index (χ1n) is 11.8. The summed E-state index contributed by atoms with van der Waals surface area (Å²) in [6, 6.07) is -0.389. The van der Waals surface area contributed by atoms with Crippen molar-refractivity contribution >= 4 is 17.7 Å². The molecule has 4 rings (SSSR count). The quantitative estimate of drug-likeness (QED) is 0.650. The second-order valence-electron chi connectivity index (χ2n) is 11.8. The third kappa shape index (κ3) is 3.52. The van der Waals surface area contributed by atoms with Crippen LogP contribution in [-0.2, 0) is 9.59 Å². The molecule has 0 aromatic rings. The van der Waals surface area contributed by atoms with Gasteiger partial charge in [-0.1, -0.05) is 19.4 Å². The molecule has 4 aliphatic rings. The van der Waals surface area contributed by atoms with Gasteiger partial charge in [-0.3, -0.25) is 14.9 Å². The molecule has 0 unspecified atom stereocenters. The monoisotopic (exact) mass is 414 g/mol. The molecule has 0 spiro atoms. The lowest BCUT2D eigenvalue weighted by molar-refractivity contribution is -0.131. The number of carbonyl (C=O) groups is 3. The Kier molecular flexibility index (Phi) is 5.18. The number of urea groups is 1. The molecule has 0 saturated heterocycles. The zero-order valence-corrected chi connectivity index (χ0v) is 19.3. The van der Waals surface area contributed by atoms with E-state index in [4.69, 9.17) is 0 Å². The number of nitrogens with one attached hydrogen (secondary N) is 2. The fourth-order valence-corrected chi connectivity index (χ4v) is 7.56. The number of hydrogen-bond acceptors (Lipinski definition) is 3. The van der Waals surface area contributed by atoms with E-state index in [0.717, 1.165) is 44.9 Å². The van der Waals surface area contributed by atoms with E-state index >= 15 is 0 Å². The molecule has 0 aromatic carbocycles. The van der Waals surface area contributed by atoms with E-state index < -0.39 is 0 Å². The summed E-state index contributed by atoms with van der Waals surface area (Å²) in [5, 5.41) is 5.47. The number of ketones is 1. The van der Waals surface area contributed by atoms with Gasteiger partial charge in [-0.25, -0.2) is 4.79 Å². The van der Waals surface area contributed by atoms with Crippen molar-refractivity contribution < 1.29 is 14.4 Å². The van der Waals surface area contributed by atoms with Crippen LogP contribution in [0.3, 0.4) is 0 Å². The van der Waals surface area contributed by atoms with E-state index in [0.29, 0.717) is 30.0 Å². The number of hydrogen-bond donors (Lipinski definition) is 2. The fraction of sp³-hybridized carbons (Fsp3) is 0.800. The lowest BCUT2D eigenvalue weighted by Gasteiger charge is -2.58. The van der Waals surface area contributed by atoms with Crippen LogP contribution in [0.4, 0.5) is 4.79 Å². The highest BCUT2D eigenvalue weighted by atomic mass is 16.2. The minimum Gasteiger partial charge on any atom is -0.333 e. The molecule has 6 atom stereocenters. The Hall–Kier alpha value is -1.65. The van der Waals surface area contributed by atoms with Crippen molar-refractivity contribution in [3.05, 3.63) is 11.6 Å². The van der Waals surface area contributed by atoms with Crippen LogP contribution in [0.2, 0.25) is 0 Å². The van der Waals surface area contributed by atoms with Gasteiger partial charge in [0.1, 0.15) is 0 Å². The Morgan fingerprint density at radius 2 is 1.73 bits per heavy atom. The summed E-state index contributed by atoms with van der Waals surface area (Å²) in [6.45, 7) is 10.4. The van der Waals surface area contributed by atoms with Crippen LogP contribution >= 0.6 is 0 Å². The normalized spacial score (nSPS) is 40.6. The van der Waals surface area contributed by atoms with Gasteiger partial charge in [-0.05, 0) is 100 Å². The first-order valence-corrected chi connectivity index (χ1v) is 11.8. The predicted molar refractivity (Wildman–Crippen MR) is 117 cm³/mol. The number of imide groups is 1. The summed E-state index contributed by atoms with van der Waals surface area (Å²) in [6.07, 6.45) is 9.89. The third-order valence-electron chi connectivity index (χ3n) is 9.00. The Morgan fingerprint density at radius 1 is 1.00 bits per heavy atom. The Morgan fingerprint density at radius 3 is 2.43 bits per heavy atom. The van der Waals surface area contributed by atoms with Gasteiger partial charge >= 0.3 is 6.03 Å². The van der Waals surface area contributed by atoms with E-state index in [1.807, 2.05) is 26.8 Å². The van der Waals surface area contributed by atoms with Crippen LogP contribution in [0.25, 0.3) is 0 Å². The average Bonchev–Trinajstić information content (AvgIpc) is 2.98. The van der Waals surface area contributed by atoms with Crippen LogP contribution in [0.1, 0.15) is 86.0 Å². The zero-order valence-electron chi connectivity index (χ0n) is 19.3. The van der Waals surface area contributed by atoms with Crippen molar-refractivity contribution in [2.24, 2.45) is 34.5 Å². The minimum absolute atomic E-state index is 0.0324. The summed E-state index contributed by atoms with van der Waals surface area (Å²) in [7, 11) is 0. The maximum atomic E-state index is 13.1. The fourth-order valence-electron chi connectivity index (χ4n) is 7.56. The molecule has 5 nitrogen and oxygen atoms in total. The molecule has 0 radical (unpaired) electrons. The number of fused-ring (bicyclic) bond motifs is 5. The van der Waals surface area contributed by atoms with Crippen LogP contribution in [-0.4, -0.2) is 23.3 Å². The van der Waals surface area contributed by atoms with E-state index in [1.165, 1.54) is 5.57 Å². The highest BCUT2D eigenvalue weighted by Gasteiger charge is 2.60. The first kappa shape index (κ1) is 21.6. The average molecular weight is 415 g/mol. The highest BCUT2D eigenvalue weighted by molar-refractivity contribution is 5.96. The van der Waals surface area contributed by atoms with Crippen molar-refractivity contribution in [2.75, 3.05) is 0 Å². The van der Waals surface area contributed by atoms with Gasteiger partial charge in [0, 0.05) is 17.9 Å². The molecule has 166 valence electrons. The second-order valence-corrected chi connectivity index (χ2v) is 11.8. The van der Waals surface area contributed by atoms with Gasteiger partial charge in [0.15, 0.2) is 5.78 Å². The molecular formula is C25H38N2O3. The third-order valence-corrected chi connectivity index (χ3v) is 9.00. The molecule has 2 N–H and O–H groups in total. The van der Waals surface area contributed by atoms with E-state index in [-0.39, 0.29) is 34.2 Å². The largest absolute Gasteiger partial charge is 0.333 e. The lowest BCUT2D eigenvalue weighted by Crippen LogP contribution is -2.54. The van der Waals surface area contributed by atoms with Crippen molar-refractivity contribution in [3.63, 3.8) is 0 Å². The number of allylic oxidation sites excluding steroid dienone is 1. The molecular weight excluding hydrogens is 376 g/mol. The topological polar surface area (TPSA) is 75.3 Å².